The number of rotatable bonds is 7. The van der Waals surface area contributed by atoms with Crippen LogP contribution in [0.25, 0.3) is 0 Å². The van der Waals surface area contributed by atoms with Crippen LogP contribution in [0, 0.1) is 0 Å². The Hall–Kier alpha value is -1.96. The molecule has 2 heterocycles. The highest BCUT2D eigenvalue weighted by molar-refractivity contribution is 7.99. The van der Waals surface area contributed by atoms with Crippen LogP contribution in [0.15, 0.2) is 18.3 Å². The molecule has 2 amide bonds. The minimum atomic E-state index is -0.521. The van der Waals surface area contributed by atoms with E-state index >= 15 is 0 Å². The molecule has 1 saturated heterocycles. The van der Waals surface area contributed by atoms with Gasteiger partial charge in [0.2, 0.25) is 5.88 Å². The van der Waals surface area contributed by atoms with E-state index in [-0.39, 0.29) is 12.0 Å². The van der Waals surface area contributed by atoms with Crippen LogP contribution in [-0.2, 0) is 4.74 Å². The zero-order valence-electron chi connectivity index (χ0n) is 15.5. The van der Waals surface area contributed by atoms with Crippen LogP contribution < -0.4 is 15.4 Å². The first-order chi connectivity index (χ1) is 12.3. The van der Waals surface area contributed by atoms with Gasteiger partial charge in [-0.05, 0) is 51.5 Å². The minimum Gasteiger partial charge on any atom is -0.473 e. The average Bonchev–Trinajstić information content (AvgIpc) is 3.06. The predicted octanol–water partition coefficient (Wildman–Crippen LogP) is 2.61. The van der Waals surface area contributed by atoms with E-state index in [2.05, 4.69) is 15.6 Å². The minimum absolute atomic E-state index is 0.111. The monoisotopic (exact) mass is 381 g/mol. The van der Waals surface area contributed by atoms with Crippen molar-refractivity contribution in [3.05, 3.63) is 23.9 Å². The summed E-state index contributed by atoms with van der Waals surface area (Å²) in [6.07, 6.45) is 2.85. The highest BCUT2D eigenvalue weighted by atomic mass is 32.2. The molecule has 1 atom stereocenters. The number of nitrogens with one attached hydrogen (secondary N) is 2. The Bertz CT molecular complexity index is 613. The van der Waals surface area contributed by atoms with E-state index < -0.39 is 11.7 Å². The van der Waals surface area contributed by atoms with Crippen LogP contribution >= 0.6 is 11.8 Å². The van der Waals surface area contributed by atoms with Gasteiger partial charge >= 0.3 is 6.09 Å². The van der Waals surface area contributed by atoms with Crippen molar-refractivity contribution < 1.29 is 19.1 Å². The number of alkyl carbamates (subject to hydrolysis) is 1. The number of pyridine rings is 1. The lowest BCUT2D eigenvalue weighted by atomic mass is 10.2. The Morgan fingerprint density at radius 1 is 1.31 bits per heavy atom. The molecule has 144 valence electrons. The predicted molar refractivity (Wildman–Crippen MR) is 102 cm³/mol. The second kappa shape index (κ2) is 9.66. The Morgan fingerprint density at radius 3 is 2.77 bits per heavy atom. The third-order valence-electron chi connectivity index (χ3n) is 3.49. The molecule has 0 aliphatic carbocycles. The highest BCUT2D eigenvalue weighted by Gasteiger charge is 2.21. The number of nitrogens with zero attached hydrogens (tertiary/aromatic N) is 1. The number of carbonyl (C=O) groups is 2. The third kappa shape index (κ3) is 7.11. The Morgan fingerprint density at radius 2 is 2.08 bits per heavy atom. The molecule has 26 heavy (non-hydrogen) atoms. The Labute approximate surface area is 158 Å². The van der Waals surface area contributed by atoms with Gasteiger partial charge in [0.15, 0.2) is 0 Å². The standard InChI is InChI=1S/C18H27N3O4S/c1-18(2,3)25-17(23)21-10-5-9-19-15(22)14-6-4-8-20-16(14)24-13-7-11-26-12-13/h4,6,8,13H,5,7,9-12H2,1-3H3,(H,19,22)(H,21,23)/t13-/m0/s1. The Kier molecular flexibility index (Phi) is 7.56. The van der Waals surface area contributed by atoms with Crippen molar-refractivity contribution in [1.82, 2.24) is 15.6 Å². The van der Waals surface area contributed by atoms with Crippen LogP contribution in [0.5, 0.6) is 5.88 Å². The van der Waals surface area contributed by atoms with E-state index in [1.807, 2.05) is 32.5 Å². The maximum absolute atomic E-state index is 12.4. The normalized spacial score (nSPS) is 16.8. The SMILES string of the molecule is CC(C)(C)OC(=O)NCCCNC(=O)c1cccnc1O[C@H]1CCSC1. The molecule has 1 aromatic heterocycles. The summed E-state index contributed by atoms with van der Waals surface area (Å²) < 4.78 is 11.0. The zero-order valence-corrected chi connectivity index (χ0v) is 16.4. The molecular weight excluding hydrogens is 354 g/mol. The van der Waals surface area contributed by atoms with Crippen LogP contribution in [0.2, 0.25) is 0 Å². The summed E-state index contributed by atoms with van der Waals surface area (Å²) in [5.41, 5.74) is -0.0863. The lowest BCUT2D eigenvalue weighted by Gasteiger charge is -2.19. The first kappa shape index (κ1) is 20.4. The molecule has 2 N–H and O–H groups in total. The first-order valence-corrected chi connectivity index (χ1v) is 9.95. The van der Waals surface area contributed by atoms with Crippen molar-refractivity contribution in [1.29, 1.82) is 0 Å². The maximum Gasteiger partial charge on any atom is 0.407 e. The maximum atomic E-state index is 12.4. The van der Waals surface area contributed by atoms with Gasteiger partial charge in [0.05, 0.1) is 0 Å². The highest BCUT2D eigenvalue weighted by Crippen LogP contribution is 2.24. The smallest absolute Gasteiger partial charge is 0.407 e. The molecule has 2 rings (SSSR count). The summed E-state index contributed by atoms with van der Waals surface area (Å²) in [5.74, 6) is 2.15. The van der Waals surface area contributed by atoms with Gasteiger partial charge in [-0.2, -0.15) is 11.8 Å². The fourth-order valence-electron chi connectivity index (χ4n) is 2.31. The molecule has 0 spiro atoms. The number of carbonyl (C=O) groups excluding carboxylic acids is 2. The molecule has 0 radical (unpaired) electrons. The van der Waals surface area contributed by atoms with Crippen LogP contribution in [-0.4, -0.2) is 53.3 Å². The van der Waals surface area contributed by atoms with Gasteiger partial charge in [-0.3, -0.25) is 4.79 Å². The summed E-state index contributed by atoms with van der Waals surface area (Å²) in [6.45, 7) is 6.28. The molecule has 1 aliphatic heterocycles. The van der Waals surface area contributed by atoms with E-state index in [0.717, 1.165) is 17.9 Å². The molecule has 7 nitrogen and oxygen atoms in total. The van der Waals surface area contributed by atoms with Crippen molar-refractivity contribution in [2.45, 2.75) is 45.3 Å². The van der Waals surface area contributed by atoms with E-state index in [4.69, 9.17) is 9.47 Å². The lowest BCUT2D eigenvalue weighted by Crippen LogP contribution is -2.34. The number of hydrogen-bond donors (Lipinski definition) is 2. The molecular formula is C18H27N3O4S. The van der Waals surface area contributed by atoms with E-state index in [1.54, 1.807) is 18.3 Å². The molecule has 1 aliphatic rings. The van der Waals surface area contributed by atoms with Crippen LogP contribution in [0.1, 0.15) is 44.0 Å². The van der Waals surface area contributed by atoms with E-state index in [9.17, 15) is 9.59 Å². The molecule has 0 aromatic carbocycles. The third-order valence-corrected chi connectivity index (χ3v) is 4.62. The summed E-state index contributed by atoms with van der Waals surface area (Å²) in [7, 11) is 0. The van der Waals surface area contributed by atoms with Crippen molar-refractivity contribution in [2.24, 2.45) is 0 Å². The van der Waals surface area contributed by atoms with Crippen LogP contribution in [0.3, 0.4) is 0 Å². The number of amides is 2. The molecule has 0 saturated carbocycles. The van der Waals surface area contributed by atoms with E-state index in [1.165, 1.54) is 0 Å². The lowest BCUT2D eigenvalue weighted by molar-refractivity contribution is 0.0527. The summed E-state index contributed by atoms with van der Waals surface area (Å²) in [5, 5.41) is 5.49. The van der Waals surface area contributed by atoms with Gasteiger partial charge in [-0.1, -0.05) is 0 Å². The van der Waals surface area contributed by atoms with Crippen LogP contribution in [0.4, 0.5) is 4.79 Å². The van der Waals surface area contributed by atoms with Crippen molar-refractivity contribution >= 4 is 23.8 Å². The summed E-state index contributed by atoms with van der Waals surface area (Å²) >= 11 is 1.84. The molecule has 0 unspecified atom stereocenters. The number of aromatic nitrogens is 1. The number of ether oxygens (including phenoxy) is 2. The van der Waals surface area contributed by atoms with Gasteiger partial charge in [-0.15, -0.1) is 0 Å². The van der Waals surface area contributed by atoms with Gasteiger partial charge in [0, 0.05) is 25.0 Å². The fraction of sp³-hybridized carbons (Fsp3) is 0.611. The Balaban J connectivity index is 1.73. The fourth-order valence-corrected chi connectivity index (χ4v) is 3.41. The summed E-state index contributed by atoms with van der Waals surface area (Å²) in [4.78, 5) is 28.1. The van der Waals surface area contributed by atoms with Crippen molar-refractivity contribution in [3.8, 4) is 5.88 Å². The number of hydrogen-bond acceptors (Lipinski definition) is 6. The number of thioether (sulfide) groups is 1. The van der Waals surface area contributed by atoms with Gasteiger partial charge in [0.25, 0.3) is 5.91 Å². The summed E-state index contributed by atoms with van der Waals surface area (Å²) in [6, 6.07) is 3.42. The second-order valence-electron chi connectivity index (χ2n) is 7.00. The van der Waals surface area contributed by atoms with E-state index in [0.29, 0.717) is 31.0 Å². The molecule has 0 bridgehead atoms. The van der Waals surface area contributed by atoms with Gasteiger partial charge in [0.1, 0.15) is 17.3 Å². The zero-order chi connectivity index (χ0) is 19.0. The largest absolute Gasteiger partial charge is 0.473 e. The second-order valence-corrected chi connectivity index (χ2v) is 8.15. The molecule has 8 heteroatoms. The van der Waals surface area contributed by atoms with Gasteiger partial charge in [-0.25, -0.2) is 9.78 Å². The average molecular weight is 381 g/mol. The molecule has 1 aromatic rings. The van der Waals surface area contributed by atoms with Crippen molar-refractivity contribution in [2.75, 3.05) is 24.6 Å². The molecule has 1 fully saturated rings. The quantitative estimate of drug-likeness (QED) is 0.706. The van der Waals surface area contributed by atoms with Gasteiger partial charge < -0.3 is 20.1 Å². The topological polar surface area (TPSA) is 89.6 Å². The van der Waals surface area contributed by atoms with Crippen molar-refractivity contribution in [3.63, 3.8) is 0 Å². The first-order valence-electron chi connectivity index (χ1n) is 8.79.